The van der Waals surface area contributed by atoms with Gasteiger partial charge in [-0.05, 0) is 80.1 Å². The SMILES string of the molecule is CCN(CC)C(=O)[C@@H]1C=C2c3cccc4c3c(c(Br)n4C(=O)CN(C)C)C[C@H]2N(C)C1. The highest BCUT2D eigenvalue weighted by Gasteiger charge is 2.38. The number of hydrogen-bond donors (Lipinski definition) is 0. The molecule has 4 rings (SSSR count). The monoisotopic (exact) mass is 486 g/mol. The second-order valence-corrected chi connectivity index (χ2v) is 9.59. The molecule has 31 heavy (non-hydrogen) atoms. The van der Waals surface area contributed by atoms with Crippen LogP contribution >= 0.6 is 15.9 Å². The first-order valence-corrected chi connectivity index (χ1v) is 11.8. The third-order valence-corrected chi connectivity index (χ3v) is 7.42. The van der Waals surface area contributed by atoms with Gasteiger partial charge in [-0.1, -0.05) is 18.2 Å². The van der Waals surface area contributed by atoms with Crippen molar-refractivity contribution in [1.29, 1.82) is 0 Å². The molecule has 0 unspecified atom stereocenters. The van der Waals surface area contributed by atoms with Crippen LogP contribution in [0.15, 0.2) is 28.9 Å². The summed E-state index contributed by atoms with van der Waals surface area (Å²) in [5.41, 5.74) is 4.47. The van der Waals surface area contributed by atoms with Crippen LogP contribution in [0.2, 0.25) is 0 Å². The number of carbonyl (C=O) groups excluding carboxylic acids is 2. The summed E-state index contributed by atoms with van der Waals surface area (Å²) >= 11 is 3.75. The number of aromatic nitrogens is 1. The molecule has 1 aliphatic carbocycles. The summed E-state index contributed by atoms with van der Waals surface area (Å²) in [7, 11) is 5.92. The van der Waals surface area contributed by atoms with Gasteiger partial charge in [0.05, 0.1) is 22.6 Å². The van der Waals surface area contributed by atoms with Crippen molar-refractivity contribution in [1.82, 2.24) is 19.3 Å². The maximum atomic E-state index is 13.1. The lowest BCUT2D eigenvalue weighted by Crippen LogP contribution is -2.47. The van der Waals surface area contributed by atoms with Crippen molar-refractivity contribution in [3.8, 4) is 0 Å². The molecule has 0 fully saturated rings. The van der Waals surface area contributed by atoms with Crippen LogP contribution < -0.4 is 0 Å². The number of halogens is 1. The van der Waals surface area contributed by atoms with Crippen LogP contribution in [-0.4, -0.2) is 84.4 Å². The largest absolute Gasteiger partial charge is 0.343 e. The van der Waals surface area contributed by atoms with E-state index >= 15 is 0 Å². The summed E-state index contributed by atoms with van der Waals surface area (Å²) in [4.78, 5) is 32.2. The Kier molecular flexibility index (Phi) is 6.12. The summed E-state index contributed by atoms with van der Waals surface area (Å²) < 4.78 is 2.67. The zero-order chi connectivity index (χ0) is 22.4. The van der Waals surface area contributed by atoms with Crippen molar-refractivity contribution in [2.75, 3.05) is 47.3 Å². The summed E-state index contributed by atoms with van der Waals surface area (Å²) in [5, 5.41) is 1.13. The van der Waals surface area contributed by atoms with E-state index in [4.69, 9.17) is 0 Å². The highest BCUT2D eigenvalue weighted by Crippen LogP contribution is 2.44. The highest BCUT2D eigenvalue weighted by atomic mass is 79.9. The number of amides is 1. The van der Waals surface area contributed by atoms with Crippen molar-refractivity contribution in [2.24, 2.45) is 5.92 Å². The molecule has 2 aromatic rings. The first-order valence-electron chi connectivity index (χ1n) is 11.0. The third kappa shape index (κ3) is 3.66. The molecule has 2 heterocycles. The van der Waals surface area contributed by atoms with Crippen LogP contribution in [0.3, 0.4) is 0 Å². The molecular weight excluding hydrogens is 456 g/mol. The third-order valence-electron chi connectivity index (χ3n) is 6.59. The average Bonchev–Trinajstić information content (AvgIpc) is 3.01. The summed E-state index contributed by atoms with van der Waals surface area (Å²) in [5.74, 6) is 0.0987. The molecule has 166 valence electrons. The van der Waals surface area contributed by atoms with Gasteiger partial charge in [-0.25, -0.2) is 0 Å². The second kappa shape index (κ2) is 8.52. The number of carbonyl (C=O) groups is 2. The van der Waals surface area contributed by atoms with E-state index in [1.807, 2.05) is 54.4 Å². The molecule has 1 amide bonds. The van der Waals surface area contributed by atoms with Gasteiger partial charge in [0.25, 0.3) is 0 Å². The lowest BCUT2D eigenvalue weighted by atomic mass is 9.79. The average molecular weight is 487 g/mol. The Morgan fingerprint density at radius 3 is 2.55 bits per heavy atom. The molecule has 1 aromatic carbocycles. The van der Waals surface area contributed by atoms with E-state index in [0.717, 1.165) is 40.6 Å². The van der Waals surface area contributed by atoms with Gasteiger partial charge in [0.15, 0.2) is 0 Å². The standard InChI is InChI=1S/C24H31BrN4O2/c1-6-28(7-2)24(31)15-11-17-16-9-8-10-19-22(16)18(12-20(17)27(5)13-15)23(25)29(19)21(30)14-26(3)4/h8-11,15,20H,6-7,12-14H2,1-5H3/t15-,20-/m1/s1. The Morgan fingerprint density at radius 2 is 1.90 bits per heavy atom. The second-order valence-electron chi connectivity index (χ2n) is 8.83. The summed E-state index contributed by atoms with van der Waals surface area (Å²) in [6.07, 6.45) is 3.01. The number of hydrogen-bond acceptors (Lipinski definition) is 4. The number of fused-ring (bicyclic) bond motifs is 2. The minimum Gasteiger partial charge on any atom is -0.343 e. The van der Waals surface area contributed by atoms with Crippen LogP contribution in [0.25, 0.3) is 16.5 Å². The van der Waals surface area contributed by atoms with Gasteiger partial charge < -0.3 is 9.80 Å². The fraction of sp³-hybridized carbons (Fsp3) is 0.500. The molecule has 7 heteroatoms. The molecule has 0 saturated carbocycles. The molecule has 1 aliphatic heterocycles. The first-order chi connectivity index (χ1) is 14.8. The van der Waals surface area contributed by atoms with Crippen molar-refractivity contribution < 1.29 is 9.59 Å². The predicted octanol–water partition coefficient (Wildman–Crippen LogP) is 3.34. The molecule has 0 bridgehead atoms. The Balaban J connectivity index is 1.85. The van der Waals surface area contributed by atoms with Crippen molar-refractivity contribution in [3.63, 3.8) is 0 Å². The van der Waals surface area contributed by atoms with E-state index in [9.17, 15) is 9.59 Å². The van der Waals surface area contributed by atoms with Gasteiger partial charge >= 0.3 is 0 Å². The predicted molar refractivity (Wildman–Crippen MR) is 128 cm³/mol. The van der Waals surface area contributed by atoms with E-state index in [1.165, 1.54) is 11.1 Å². The van der Waals surface area contributed by atoms with E-state index in [0.29, 0.717) is 13.1 Å². The smallest absolute Gasteiger partial charge is 0.246 e. The van der Waals surface area contributed by atoms with Crippen molar-refractivity contribution in [2.45, 2.75) is 26.3 Å². The van der Waals surface area contributed by atoms with E-state index in [-0.39, 0.29) is 23.8 Å². The van der Waals surface area contributed by atoms with Gasteiger partial charge in [0, 0.05) is 31.1 Å². The number of benzene rings is 1. The Bertz CT molecular complexity index is 1070. The quantitative estimate of drug-likeness (QED) is 0.650. The molecule has 0 saturated heterocycles. The van der Waals surface area contributed by atoms with E-state index in [2.05, 4.69) is 40.0 Å². The maximum absolute atomic E-state index is 13.1. The topological polar surface area (TPSA) is 48.8 Å². The van der Waals surface area contributed by atoms with Crippen molar-refractivity contribution >= 4 is 44.2 Å². The van der Waals surface area contributed by atoms with E-state index < -0.39 is 0 Å². The fourth-order valence-electron chi connectivity index (χ4n) is 5.10. The van der Waals surface area contributed by atoms with Crippen LogP contribution in [0.1, 0.15) is 29.8 Å². The van der Waals surface area contributed by atoms with Crippen molar-refractivity contribution in [3.05, 3.63) is 40.0 Å². The molecule has 0 radical (unpaired) electrons. The lowest BCUT2D eigenvalue weighted by Gasteiger charge is -2.40. The van der Waals surface area contributed by atoms with Crippen LogP contribution in [0, 0.1) is 5.92 Å². The molecular formula is C24H31BrN4O2. The molecule has 2 atom stereocenters. The molecule has 0 spiro atoms. The molecule has 0 N–H and O–H groups in total. The van der Waals surface area contributed by atoms with Crippen LogP contribution in [0.5, 0.6) is 0 Å². The van der Waals surface area contributed by atoms with Gasteiger partial charge in [-0.15, -0.1) is 0 Å². The van der Waals surface area contributed by atoms with Gasteiger partial charge in [0.1, 0.15) is 0 Å². The fourth-order valence-corrected chi connectivity index (χ4v) is 5.85. The lowest BCUT2D eigenvalue weighted by molar-refractivity contribution is -0.134. The highest BCUT2D eigenvalue weighted by molar-refractivity contribution is 9.10. The normalized spacial score (nSPS) is 20.7. The Morgan fingerprint density at radius 1 is 1.19 bits per heavy atom. The number of rotatable bonds is 5. The summed E-state index contributed by atoms with van der Waals surface area (Å²) in [6.45, 7) is 6.58. The Hall–Kier alpha value is -1.96. The minimum absolute atomic E-state index is 0.0482. The van der Waals surface area contributed by atoms with Gasteiger partial charge in [-0.3, -0.25) is 19.1 Å². The molecule has 1 aromatic heterocycles. The van der Waals surface area contributed by atoms with Crippen LogP contribution in [0.4, 0.5) is 0 Å². The summed E-state index contributed by atoms with van der Waals surface area (Å²) in [6, 6.07) is 6.38. The van der Waals surface area contributed by atoms with Gasteiger partial charge in [0.2, 0.25) is 11.8 Å². The zero-order valence-electron chi connectivity index (χ0n) is 19.0. The van der Waals surface area contributed by atoms with Gasteiger partial charge in [-0.2, -0.15) is 0 Å². The minimum atomic E-state index is -0.145. The Labute approximate surface area is 192 Å². The van der Waals surface area contributed by atoms with Crippen LogP contribution in [-0.2, 0) is 11.2 Å². The zero-order valence-corrected chi connectivity index (χ0v) is 20.6. The molecule has 2 aliphatic rings. The number of likely N-dealkylation sites (N-methyl/N-ethyl adjacent to an activating group) is 2. The maximum Gasteiger partial charge on any atom is 0.246 e. The molecule has 6 nitrogen and oxygen atoms in total. The first kappa shape index (κ1) is 22.2. The van der Waals surface area contributed by atoms with E-state index in [1.54, 1.807) is 0 Å². The number of nitrogens with zero attached hydrogens (tertiary/aromatic N) is 4.